The van der Waals surface area contributed by atoms with Crippen molar-refractivity contribution in [1.29, 1.82) is 0 Å². The molecule has 8 nitrogen and oxygen atoms in total. The molecule has 0 saturated carbocycles. The Morgan fingerprint density at radius 1 is 1.16 bits per heavy atom. The topological polar surface area (TPSA) is 118 Å². The van der Waals surface area contributed by atoms with Gasteiger partial charge < -0.3 is 21.1 Å². The molecule has 1 heterocycles. The van der Waals surface area contributed by atoms with Crippen LogP contribution in [0.1, 0.15) is 54.6 Å². The first-order valence-corrected chi connectivity index (χ1v) is 11.1. The highest BCUT2D eigenvalue weighted by atomic mass is 32.1. The number of hydrogen-bond acceptors (Lipinski definition) is 6. The smallest absolute Gasteiger partial charge is 0.319 e. The lowest BCUT2D eigenvalue weighted by molar-refractivity contribution is 0.0996. The van der Waals surface area contributed by atoms with Crippen molar-refractivity contribution >= 4 is 28.5 Å². The molecule has 2 rings (SSSR count). The van der Waals surface area contributed by atoms with E-state index in [9.17, 15) is 18.4 Å². The van der Waals surface area contributed by atoms with Gasteiger partial charge >= 0.3 is 6.03 Å². The maximum absolute atomic E-state index is 14.0. The summed E-state index contributed by atoms with van der Waals surface area (Å²) in [6.45, 7) is 6.66. The molecular formula is C21H29F2N5O3S. The number of carbonyl (C=O) groups is 2. The van der Waals surface area contributed by atoms with Gasteiger partial charge in [0.15, 0.2) is 0 Å². The van der Waals surface area contributed by atoms with Gasteiger partial charge in [-0.15, -0.1) is 0 Å². The van der Waals surface area contributed by atoms with Crippen molar-refractivity contribution in [1.82, 2.24) is 15.0 Å². The Labute approximate surface area is 190 Å². The standard InChI is InChI=1S/C21H29F2N5O3S/c1-12(2)25-7-5-4-6-8-26-21(30)27-20-17(18(24)29)19(28-32-20)31-11-14-10-15(22)13(3)9-16(14)23/h9-10,12,25H,4-8,11H2,1-3H3,(H2,24,29)(H2,26,27,30). The summed E-state index contributed by atoms with van der Waals surface area (Å²) in [5.41, 5.74) is 5.41. The number of rotatable bonds is 12. The minimum Gasteiger partial charge on any atom is -0.471 e. The van der Waals surface area contributed by atoms with Crippen LogP contribution in [-0.4, -0.2) is 35.4 Å². The maximum atomic E-state index is 14.0. The number of nitrogens with two attached hydrogens (primary N) is 1. The van der Waals surface area contributed by atoms with Crippen molar-refractivity contribution in [2.45, 2.75) is 52.7 Å². The van der Waals surface area contributed by atoms with Crippen LogP contribution >= 0.6 is 11.5 Å². The van der Waals surface area contributed by atoms with Crippen molar-refractivity contribution in [3.8, 4) is 5.88 Å². The number of unbranched alkanes of at least 4 members (excludes halogenated alkanes) is 2. The van der Waals surface area contributed by atoms with Crippen LogP contribution in [0.3, 0.4) is 0 Å². The number of aryl methyl sites for hydroxylation is 1. The average molecular weight is 470 g/mol. The number of anilines is 1. The number of nitrogens with zero attached hydrogens (tertiary/aromatic N) is 1. The number of aromatic nitrogens is 1. The van der Waals surface area contributed by atoms with Crippen LogP contribution in [0.5, 0.6) is 5.88 Å². The normalized spacial score (nSPS) is 10.9. The molecule has 1 aromatic carbocycles. The number of halogens is 2. The van der Waals surface area contributed by atoms with Crippen LogP contribution in [0.25, 0.3) is 0 Å². The zero-order valence-corrected chi connectivity index (χ0v) is 19.2. The van der Waals surface area contributed by atoms with E-state index in [-0.39, 0.29) is 34.2 Å². The predicted molar refractivity (Wildman–Crippen MR) is 120 cm³/mol. The van der Waals surface area contributed by atoms with Gasteiger partial charge in [0.1, 0.15) is 28.8 Å². The number of benzene rings is 1. The van der Waals surface area contributed by atoms with Gasteiger partial charge in [0.2, 0.25) is 5.88 Å². The number of urea groups is 1. The number of amides is 3. The Morgan fingerprint density at radius 2 is 1.88 bits per heavy atom. The summed E-state index contributed by atoms with van der Waals surface area (Å²) < 4.78 is 37.1. The van der Waals surface area contributed by atoms with E-state index in [1.807, 2.05) is 0 Å². The summed E-state index contributed by atoms with van der Waals surface area (Å²) in [6.07, 6.45) is 2.78. The summed E-state index contributed by atoms with van der Waals surface area (Å²) in [5, 5.41) is 8.68. The highest BCUT2D eigenvalue weighted by molar-refractivity contribution is 7.11. The lowest BCUT2D eigenvalue weighted by Gasteiger charge is -2.09. The van der Waals surface area contributed by atoms with Gasteiger partial charge in [-0.25, -0.2) is 13.6 Å². The maximum Gasteiger partial charge on any atom is 0.319 e. The predicted octanol–water partition coefficient (Wildman–Crippen LogP) is 3.70. The minimum absolute atomic E-state index is 0.0348. The average Bonchev–Trinajstić information content (AvgIpc) is 3.11. The van der Waals surface area contributed by atoms with E-state index in [4.69, 9.17) is 10.5 Å². The summed E-state index contributed by atoms with van der Waals surface area (Å²) in [6, 6.07) is 2.02. The molecule has 0 aliphatic carbocycles. The molecule has 0 saturated heterocycles. The number of hydrogen-bond donors (Lipinski definition) is 4. The Kier molecular flexibility index (Phi) is 9.79. The Morgan fingerprint density at radius 3 is 2.56 bits per heavy atom. The quantitative estimate of drug-likeness (QED) is 0.354. The number of ether oxygens (including phenoxy) is 1. The third-order valence-corrected chi connectivity index (χ3v) is 5.26. The van der Waals surface area contributed by atoms with Crippen LogP contribution < -0.4 is 26.4 Å². The molecule has 176 valence electrons. The molecular weight excluding hydrogens is 440 g/mol. The van der Waals surface area contributed by atoms with Crippen molar-refractivity contribution in [3.05, 3.63) is 40.5 Å². The Balaban J connectivity index is 1.89. The molecule has 11 heteroatoms. The molecule has 0 radical (unpaired) electrons. The van der Waals surface area contributed by atoms with E-state index in [0.717, 1.165) is 49.5 Å². The number of carbonyl (C=O) groups excluding carboxylic acids is 2. The fourth-order valence-corrected chi connectivity index (χ4v) is 3.52. The first-order chi connectivity index (χ1) is 15.2. The van der Waals surface area contributed by atoms with Crippen LogP contribution in [0.15, 0.2) is 12.1 Å². The first-order valence-electron chi connectivity index (χ1n) is 10.3. The van der Waals surface area contributed by atoms with Crippen LogP contribution in [0.4, 0.5) is 18.6 Å². The molecule has 0 spiro atoms. The minimum atomic E-state index is -0.864. The van der Waals surface area contributed by atoms with Gasteiger partial charge in [-0.1, -0.05) is 20.3 Å². The first kappa shape index (κ1) is 25.5. The third kappa shape index (κ3) is 7.72. The molecule has 3 amide bonds. The summed E-state index contributed by atoms with van der Waals surface area (Å²) >= 11 is 0.807. The van der Waals surface area contributed by atoms with Gasteiger partial charge in [-0.2, -0.15) is 4.37 Å². The molecule has 0 bridgehead atoms. The zero-order chi connectivity index (χ0) is 23.7. The monoisotopic (exact) mass is 469 g/mol. The van der Waals surface area contributed by atoms with E-state index in [1.165, 1.54) is 6.92 Å². The molecule has 1 aromatic heterocycles. The summed E-state index contributed by atoms with van der Waals surface area (Å²) in [4.78, 5) is 24.0. The Bertz CT molecular complexity index is 936. The van der Waals surface area contributed by atoms with Crippen molar-refractivity contribution in [2.24, 2.45) is 5.73 Å². The lowest BCUT2D eigenvalue weighted by atomic mass is 10.1. The second-order valence-corrected chi connectivity index (χ2v) is 8.36. The lowest BCUT2D eigenvalue weighted by Crippen LogP contribution is -2.30. The number of primary amides is 1. The molecule has 2 aromatic rings. The fourth-order valence-electron chi connectivity index (χ4n) is 2.79. The highest BCUT2D eigenvalue weighted by Gasteiger charge is 2.22. The molecule has 0 atom stereocenters. The van der Waals surface area contributed by atoms with Gasteiger partial charge in [0.25, 0.3) is 5.91 Å². The number of nitrogens with one attached hydrogen (secondary N) is 3. The SMILES string of the molecule is Cc1cc(F)c(COc2nsc(NC(=O)NCCCCCNC(C)C)c2C(N)=O)cc1F. The fraction of sp³-hybridized carbons (Fsp3) is 0.476. The van der Waals surface area contributed by atoms with Crippen LogP contribution in [0.2, 0.25) is 0 Å². The second kappa shape index (κ2) is 12.3. The van der Waals surface area contributed by atoms with E-state index in [1.54, 1.807) is 0 Å². The van der Waals surface area contributed by atoms with Gasteiger partial charge in [0, 0.05) is 18.2 Å². The second-order valence-electron chi connectivity index (χ2n) is 7.59. The summed E-state index contributed by atoms with van der Waals surface area (Å²) in [5.74, 6) is -2.24. The molecule has 0 fully saturated rings. The van der Waals surface area contributed by atoms with Crippen molar-refractivity contribution in [2.75, 3.05) is 18.4 Å². The molecule has 32 heavy (non-hydrogen) atoms. The zero-order valence-electron chi connectivity index (χ0n) is 18.4. The van der Waals surface area contributed by atoms with Gasteiger partial charge in [-0.3, -0.25) is 10.1 Å². The van der Waals surface area contributed by atoms with E-state index < -0.39 is 23.6 Å². The molecule has 0 aliphatic rings. The summed E-state index contributed by atoms with van der Waals surface area (Å²) in [7, 11) is 0. The molecule has 0 unspecified atom stereocenters. The van der Waals surface area contributed by atoms with E-state index >= 15 is 0 Å². The largest absolute Gasteiger partial charge is 0.471 e. The van der Waals surface area contributed by atoms with Crippen molar-refractivity contribution in [3.63, 3.8) is 0 Å². The van der Waals surface area contributed by atoms with Crippen molar-refractivity contribution < 1.29 is 23.1 Å². The van der Waals surface area contributed by atoms with E-state index in [2.05, 4.69) is 34.2 Å². The Hall–Kier alpha value is -2.79. The van der Waals surface area contributed by atoms with E-state index in [0.29, 0.717) is 12.6 Å². The van der Waals surface area contributed by atoms with Gasteiger partial charge in [0.05, 0.1) is 0 Å². The van der Waals surface area contributed by atoms with Gasteiger partial charge in [-0.05, 0) is 55.5 Å². The van der Waals surface area contributed by atoms with Crippen LogP contribution in [0, 0.1) is 18.6 Å². The molecule has 0 aliphatic heterocycles. The molecule has 5 N–H and O–H groups in total. The van der Waals surface area contributed by atoms with Crippen LogP contribution in [-0.2, 0) is 6.61 Å². The highest BCUT2D eigenvalue weighted by Crippen LogP contribution is 2.31. The third-order valence-electron chi connectivity index (χ3n) is 4.52.